The fourth-order valence-corrected chi connectivity index (χ4v) is 8.92. The van der Waals surface area contributed by atoms with E-state index in [0.29, 0.717) is 13.8 Å². The molecule has 0 heterocycles. The summed E-state index contributed by atoms with van der Waals surface area (Å²) >= 11 is -2.09. The minimum absolute atomic E-state index is 0.704. The number of rotatable bonds is 4. The molecule has 0 aromatic rings. The second-order valence-electron chi connectivity index (χ2n) is 2.14. The van der Waals surface area contributed by atoms with Gasteiger partial charge in [-0.25, -0.2) is 0 Å². The molecule has 9 heteroatoms. The van der Waals surface area contributed by atoms with Gasteiger partial charge < -0.3 is 0 Å². The van der Waals surface area contributed by atoms with Crippen LogP contribution in [0.3, 0.4) is 0 Å². The third-order valence-electron chi connectivity index (χ3n) is 0.985. The fourth-order valence-electron chi connectivity index (χ4n) is 0.240. The van der Waals surface area contributed by atoms with E-state index in [9.17, 15) is 25.6 Å². The molecule has 2 atom stereocenters. The first-order valence-corrected chi connectivity index (χ1v) is 9.13. The monoisotopic (exact) mass is 274 g/mol. The molecule has 0 saturated carbocycles. The molecule has 2 unspecified atom stereocenters. The van der Waals surface area contributed by atoms with E-state index in [0.717, 1.165) is 0 Å². The van der Waals surface area contributed by atoms with E-state index in [1.165, 1.54) is 0 Å². The van der Waals surface area contributed by atoms with Crippen molar-refractivity contribution in [1.29, 1.82) is 0 Å². The molecule has 0 rings (SSSR count). The van der Waals surface area contributed by atoms with Crippen molar-refractivity contribution in [2.45, 2.75) is 24.9 Å². The number of alkyl halides is 2. The molecule has 0 spiro atoms. The van der Waals surface area contributed by atoms with Crippen LogP contribution in [-0.4, -0.2) is 27.8 Å². The Labute approximate surface area is 80.0 Å². The minimum atomic E-state index is -4.33. The predicted molar refractivity (Wildman–Crippen MR) is 39.0 cm³/mol. The Balaban J connectivity index is 4.86. The molecule has 0 N–H and O–H groups in total. The maximum atomic E-state index is 12.3. The second kappa shape index (κ2) is 4.21. The predicted octanol–water partition coefficient (Wildman–Crippen LogP) is 0.360. The number of halogens is 2. The molecule has 0 amide bonds. The van der Waals surface area contributed by atoms with Crippen LogP contribution in [0.25, 0.3) is 0 Å². The average molecular weight is 274 g/mol. The first-order valence-electron chi connectivity index (χ1n) is 3.06. The summed E-state index contributed by atoms with van der Waals surface area (Å²) in [5, 5.41) is 0. The van der Waals surface area contributed by atoms with Gasteiger partial charge in [-0.2, -0.15) is 0 Å². The molecular formula is C4H8CrF2O4S2. The van der Waals surface area contributed by atoms with Gasteiger partial charge >= 0.3 is 79.8 Å². The topological polar surface area (TPSA) is 68.3 Å². The van der Waals surface area contributed by atoms with Gasteiger partial charge in [-0.05, 0) is 0 Å². The van der Waals surface area contributed by atoms with Gasteiger partial charge in [-0.15, -0.1) is 0 Å². The Morgan fingerprint density at radius 3 is 1.31 bits per heavy atom. The molecular weight excluding hydrogens is 266 g/mol. The van der Waals surface area contributed by atoms with E-state index in [1.807, 2.05) is 0 Å². The molecule has 0 bridgehead atoms. The van der Waals surface area contributed by atoms with Crippen LogP contribution >= 0.6 is 0 Å². The van der Waals surface area contributed by atoms with Crippen LogP contribution in [0.1, 0.15) is 13.8 Å². The molecule has 0 radical (unpaired) electrons. The summed E-state index contributed by atoms with van der Waals surface area (Å²) < 4.78 is 67.7. The Morgan fingerprint density at radius 2 is 1.15 bits per heavy atom. The Morgan fingerprint density at radius 1 is 0.923 bits per heavy atom. The van der Waals surface area contributed by atoms with E-state index < -0.39 is 40.4 Å². The molecule has 0 aliphatic heterocycles. The van der Waals surface area contributed by atoms with Gasteiger partial charge in [0, 0.05) is 0 Å². The molecule has 0 fully saturated rings. The van der Waals surface area contributed by atoms with Crippen LogP contribution in [0.4, 0.5) is 8.78 Å². The van der Waals surface area contributed by atoms with Crippen LogP contribution in [0, 0.1) is 0 Å². The van der Waals surface area contributed by atoms with Gasteiger partial charge in [0.1, 0.15) is 0 Å². The van der Waals surface area contributed by atoms with Crippen molar-refractivity contribution >= 4 is 16.4 Å². The summed E-state index contributed by atoms with van der Waals surface area (Å²) in [5.74, 6) is 0. The van der Waals surface area contributed by atoms with Gasteiger partial charge in [0.05, 0.1) is 0 Å². The zero-order chi connectivity index (χ0) is 10.9. The van der Waals surface area contributed by atoms with Crippen molar-refractivity contribution in [3.05, 3.63) is 0 Å². The second-order valence-corrected chi connectivity index (χ2v) is 12.2. The standard InChI is InChI=1S/2C2H4FO2S.Cr/c2*1-2(3)6(4)5;/h2*2H,1H3;. The molecule has 0 aromatic heterocycles. The maximum absolute atomic E-state index is 12.3. The molecule has 4 nitrogen and oxygen atoms in total. The fraction of sp³-hybridized carbons (Fsp3) is 1.00. The zero-order valence-corrected chi connectivity index (χ0v) is 9.68. The summed E-state index contributed by atoms with van der Waals surface area (Å²) in [4.78, 5) is 0. The van der Waals surface area contributed by atoms with Gasteiger partial charge in [-0.1, -0.05) is 0 Å². The SMILES string of the molecule is CC(F)[S](=O)(=O)[Cr][S](=O)(=O)C(C)F. The third-order valence-corrected chi connectivity index (χ3v) is 11.9. The zero-order valence-electron chi connectivity index (χ0n) is 6.77. The molecule has 80 valence electrons. The first kappa shape index (κ1) is 13.3. The summed E-state index contributed by atoms with van der Waals surface area (Å²) in [6, 6.07) is 0. The summed E-state index contributed by atoms with van der Waals surface area (Å²) in [5.41, 5.74) is -4.55. The van der Waals surface area contributed by atoms with Crippen molar-refractivity contribution in [2.24, 2.45) is 0 Å². The van der Waals surface area contributed by atoms with E-state index in [4.69, 9.17) is 0 Å². The molecule has 0 saturated heterocycles. The average Bonchev–Trinajstić information content (AvgIpc) is 1.83. The Hall–Kier alpha value is 0.292. The van der Waals surface area contributed by atoms with Crippen LogP contribution in [0.15, 0.2) is 0 Å². The van der Waals surface area contributed by atoms with Gasteiger partial charge in [0.2, 0.25) is 0 Å². The van der Waals surface area contributed by atoms with E-state index in [2.05, 4.69) is 0 Å². The molecule has 0 aromatic carbocycles. The van der Waals surface area contributed by atoms with E-state index >= 15 is 0 Å². The van der Waals surface area contributed by atoms with Gasteiger partial charge in [-0.3, -0.25) is 0 Å². The van der Waals surface area contributed by atoms with Gasteiger partial charge in [0.15, 0.2) is 0 Å². The van der Waals surface area contributed by atoms with Crippen LogP contribution in [0.5, 0.6) is 0 Å². The molecule has 0 aliphatic rings. The van der Waals surface area contributed by atoms with Crippen molar-refractivity contribution in [2.75, 3.05) is 0 Å². The number of hydrogen-bond acceptors (Lipinski definition) is 4. The van der Waals surface area contributed by atoms with Crippen molar-refractivity contribution in [3.63, 3.8) is 0 Å². The van der Waals surface area contributed by atoms with Crippen molar-refractivity contribution in [1.82, 2.24) is 0 Å². The Bertz CT molecular complexity index is 322. The molecule has 0 aliphatic carbocycles. The number of hydrogen-bond donors (Lipinski definition) is 0. The first-order chi connectivity index (χ1) is 5.59. The molecule has 13 heavy (non-hydrogen) atoms. The Kier molecular flexibility index (Phi) is 4.31. The summed E-state index contributed by atoms with van der Waals surface area (Å²) in [6.07, 6.45) is 0. The summed E-state index contributed by atoms with van der Waals surface area (Å²) in [7, 11) is -8.67. The van der Waals surface area contributed by atoms with Crippen molar-refractivity contribution < 1.29 is 38.6 Å². The van der Waals surface area contributed by atoms with E-state index in [-0.39, 0.29) is 0 Å². The van der Waals surface area contributed by atoms with E-state index in [1.54, 1.807) is 0 Å². The third kappa shape index (κ3) is 3.89. The summed E-state index contributed by atoms with van der Waals surface area (Å²) in [6.45, 7) is 1.41. The van der Waals surface area contributed by atoms with Gasteiger partial charge in [0.25, 0.3) is 0 Å². The normalized spacial score (nSPS) is 18.2. The quantitative estimate of drug-likeness (QED) is 0.742. The van der Waals surface area contributed by atoms with Crippen LogP contribution in [0.2, 0.25) is 0 Å². The van der Waals surface area contributed by atoms with Crippen LogP contribution in [-0.2, 0) is 29.4 Å². The van der Waals surface area contributed by atoms with Crippen LogP contribution < -0.4 is 0 Å². The van der Waals surface area contributed by atoms with Crippen molar-refractivity contribution in [3.8, 4) is 0 Å².